The van der Waals surface area contributed by atoms with Crippen LogP contribution in [0.3, 0.4) is 0 Å². The molecule has 1 aliphatic rings. The predicted octanol–water partition coefficient (Wildman–Crippen LogP) is 0.826. The van der Waals surface area contributed by atoms with E-state index in [0.717, 1.165) is 12.3 Å². The summed E-state index contributed by atoms with van der Waals surface area (Å²) in [5.74, 6) is 0.800. The molecule has 1 fully saturated rings. The van der Waals surface area contributed by atoms with Gasteiger partial charge < -0.3 is 5.32 Å². The molecule has 15 heavy (non-hydrogen) atoms. The van der Waals surface area contributed by atoms with Gasteiger partial charge in [-0.1, -0.05) is 0 Å². The minimum atomic E-state index is -0.680. The van der Waals surface area contributed by atoms with Crippen LogP contribution in [0.25, 0.3) is 0 Å². The molecular weight excluding hydrogens is 208 g/mol. The van der Waals surface area contributed by atoms with Crippen LogP contribution in [0.4, 0.5) is 0 Å². The highest BCUT2D eigenvalue weighted by Gasteiger charge is 2.27. The van der Waals surface area contributed by atoms with Gasteiger partial charge in [0.2, 0.25) is 0 Å². The molecule has 0 aromatic rings. The maximum atomic E-state index is 11.2. The summed E-state index contributed by atoms with van der Waals surface area (Å²) in [6.45, 7) is 5.60. The molecule has 0 bridgehead atoms. The third kappa shape index (κ3) is 3.85. The molecule has 90 valence electrons. The number of hydrogen-bond donors (Lipinski definition) is 1. The number of piperidine rings is 1. The van der Waals surface area contributed by atoms with Gasteiger partial charge in [-0.2, -0.15) is 0 Å². The van der Waals surface area contributed by atoms with Crippen LogP contribution in [0.15, 0.2) is 0 Å². The smallest absolute Gasteiger partial charge is 0.0385 e. The summed E-state index contributed by atoms with van der Waals surface area (Å²) >= 11 is 0. The van der Waals surface area contributed by atoms with Crippen molar-refractivity contribution in [3.8, 4) is 0 Å². The first-order chi connectivity index (χ1) is 7.04. The Bertz CT molecular complexity index is 223. The molecule has 0 aliphatic carbocycles. The van der Waals surface area contributed by atoms with Crippen LogP contribution in [0.5, 0.6) is 0 Å². The molecule has 0 amide bonds. The molecule has 4 unspecified atom stereocenters. The first-order valence-electron chi connectivity index (χ1n) is 5.77. The number of likely N-dealkylation sites (tertiary alicyclic amines) is 1. The third-order valence-electron chi connectivity index (χ3n) is 3.38. The molecule has 4 atom stereocenters. The van der Waals surface area contributed by atoms with E-state index in [0.29, 0.717) is 18.1 Å². The molecule has 3 nitrogen and oxygen atoms in total. The Labute approximate surface area is 96.1 Å². The van der Waals surface area contributed by atoms with Crippen LogP contribution in [0.2, 0.25) is 0 Å². The van der Waals surface area contributed by atoms with Gasteiger partial charge in [0, 0.05) is 47.5 Å². The highest BCUT2D eigenvalue weighted by atomic mass is 32.2. The minimum Gasteiger partial charge on any atom is -0.317 e. The average Bonchev–Trinajstić information content (AvgIpc) is 2.16. The lowest BCUT2D eigenvalue weighted by molar-refractivity contribution is 0.107. The second kappa shape index (κ2) is 5.97. The van der Waals surface area contributed by atoms with Crippen molar-refractivity contribution in [2.24, 2.45) is 0 Å². The van der Waals surface area contributed by atoms with Crippen molar-refractivity contribution < 1.29 is 4.21 Å². The maximum Gasteiger partial charge on any atom is 0.0385 e. The molecule has 0 spiro atoms. The van der Waals surface area contributed by atoms with Gasteiger partial charge in [-0.05, 0) is 33.7 Å². The van der Waals surface area contributed by atoms with Crippen molar-refractivity contribution in [1.29, 1.82) is 0 Å². The fourth-order valence-electron chi connectivity index (χ4n) is 2.54. The lowest BCUT2D eigenvalue weighted by atomic mass is 9.97. The van der Waals surface area contributed by atoms with Crippen LogP contribution < -0.4 is 5.32 Å². The van der Waals surface area contributed by atoms with Gasteiger partial charge in [0.05, 0.1) is 0 Å². The van der Waals surface area contributed by atoms with E-state index in [2.05, 4.69) is 24.1 Å². The second-order valence-corrected chi connectivity index (χ2v) is 6.17. The Balaban J connectivity index is 2.46. The van der Waals surface area contributed by atoms with Crippen molar-refractivity contribution in [2.75, 3.05) is 25.6 Å². The molecule has 1 N–H and O–H groups in total. The van der Waals surface area contributed by atoms with Gasteiger partial charge in [-0.25, -0.2) is 0 Å². The zero-order valence-corrected chi connectivity index (χ0v) is 11.1. The summed E-state index contributed by atoms with van der Waals surface area (Å²) in [6, 6.07) is 1.72. The van der Waals surface area contributed by atoms with Crippen molar-refractivity contribution in [2.45, 2.75) is 44.8 Å². The zero-order chi connectivity index (χ0) is 11.4. The first-order valence-corrected chi connectivity index (χ1v) is 7.50. The summed E-state index contributed by atoms with van der Waals surface area (Å²) < 4.78 is 11.2. The SMILES string of the molecule is CNC1CCN(C(C)CS(C)=O)C(C)C1. The van der Waals surface area contributed by atoms with Gasteiger partial charge in [0.15, 0.2) is 0 Å². The molecular formula is C11H24N2OS. The fourth-order valence-corrected chi connectivity index (χ4v) is 3.41. The van der Waals surface area contributed by atoms with Gasteiger partial charge in [-0.15, -0.1) is 0 Å². The highest BCUT2D eigenvalue weighted by Crippen LogP contribution is 2.19. The Morgan fingerprint density at radius 3 is 2.73 bits per heavy atom. The van der Waals surface area contributed by atoms with E-state index in [1.807, 2.05) is 7.05 Å². The average molecular weight is 232 g/mol. The Morgan fingerprint density at radius 1 is 1.60 bits per heavy atom. The number of rotatable bonds is 4. The van der Waals surface area contributed by atoms with E-state index < -0.39 is 10.8 Å². The molecule has 0 aromatic heterocycles. The lowest BCUT2D eigenvalue weighted by Crippen LogP contribution is -2.51. The van der Waals surface area contributed by atoms with E-state index in [9.17, 15) is 4.21 Å². The topological polar surface area (TPSA) is 32.3 Å². The fraction of sp³-hybridized carbons (Fsp3) is 1.00. The summed E-state index contributed by atoms with van der Waals surface area (Å²) in [4.78, 5) is 2.50. The van der Waals surface area contributed by atoms with Gasteiger partial charge in [0.1, 0.15) is 0 Å². The third-order valence-corrected chi connectivity index (χ3v) is 4.33. The molecule has 0 radical (unpaired) electrons. The van der Waals surface area contributed by atoms with E-state index >= 15 is 0 Å². The summed E-state index contributed by atoms with van der Waals surface area (Å²) in [6.07, 6.45) is 4.21. The number of nitrogens with one attached hydrogen (secondary N) is 1. The van der Waals surface area contributed by atoms with Crippen LogP contribution in [-0.2, 0) is 10.8 Å². The summed E-state index contributed by atoms with van der Waals surface area (Å²) in [5, 5.41) is 3.35. The quantitative estimate of drug-likeness (QED) is 0.779. The van der Waals surface area contributed by atoms with Crippen molar-refractivity contribution in [1.82, 2.24) is 10.2 Å². The van der Waals surface area contributed by atoms with Gasteiger partial charge >= 0.3 is 0 Å². The summed E-state index contributed by atoms with van der Waals surface area (Å²) in [7, 11) is 1.36. The lowest BCUT2D eigenvalue weighted by Gasteiger charge is -2.41. The second-order valence-electron chi connectivity index (χ2n) is 4.69. The molecule has 0 saturated carbocycles. The van der Waals surface area contributed by atoms with Crippen LogP contribution in [0.1, 0.15) is 26.7 Å². The minimum absolute atomic E-state index is 0.448. The molecule has 1 aliphatic heterocycles. The number of hydrogen-bond acceptors (Lipinski definition) is 3. The molecule has 0 aromatic carbocycles. The van der Waals surface area contributed by atoms with E-state index in [4.69, 9.17) is 0 Å². The summed E-state index contributed by atoms with van der Waals surface area (Å²) in [5.41, 5.74) is 0. The maximum absolute atomic E-state index is 11.2. The molecule has 4 heteroatoms. The van der Waals surface area contributed by atoms with Crippen LogP contribution in [0, 0.1) is 0 Å². The molecule has 1 rings (SSSR count). The van der Waals surface area contributed by atoms with Gasteiger partial charge in [0.25, 0.3) is 0 Å². The standard InChI is InChI=1S/C11H24N2OS/c1-9-7-11(12-3)5-6-13(9)10(2)8-15(4)14/h9-12H,5-8H2,1-4H3. The first kappa shape index (κ1) is 13.1. The monoisotopic (exact) mass is 232 g/mol. The van der Waals surface area contributed by atoms with E-state index in [1.54, 1.807) is 6.26 Å². The van der Waals surface area contributed by atoms with Crippen LogP contribution >= 0.6 is 0 Å². The Hall–Kier alpha value is 0.0700. The largest absolute Gasteiger partial charge is 0.317 e. The van der Waals surface area contributed by atoms with Crippen molar-refractivity contribution in [3.05, 3.63) is 0 Å². The zero-order valence-electron chi connectivity index (χ0n) is 10.3. The highest BCUT2D eigenvalue weighted by molar-refractivity contribution is 7.84. The Kier molecular flexibility index (Phi) is 5.23. The van der Waals surface area contributed by atoms with E-state index in [1.165, 1.54) is 12.8 Å². The Morgan fingerprint density at radius 2 is 2.27 bits per heavy atom. The van der Waals surface area contributed by atoms with Crippen molar-refractivity contribution in [3.63, 3.8) is 0 Å². The van der Waals surface area contributed by atoms with E-state index in [-0.39, 0.29) is 0 Å². The molecule has 1 saturated heterocycles. The predicted molar refractivity (Wildman–Crippen MR) is 66.6 cm³/mol. The van der Waals surface area contributed by atoms with Crippen LogP contribution in [-0.4, -0.2) is 52.8 Å². The normalized spacial score (nSPS) is 32.5. The van der Waals surface area contributed by atoms with Crippen molar-refractivity contribution >= 4 is 10.8 Å². The molecule has 1 heterocycles. The van der Waals surface area contributed by atoms with Gasteiger partial charge in [-0.3, -0.25) is 9.11 Å². The number of nitrogens with zero attached hydrogens (tertiary/aromatic N) is 1.